The van der Waals surface area contributed by atoms with E-state index in [2.05, 4.69) is 115 Å². The molecule has 0 aliphatic heterocycles. The number of benzene rings is 3. The number of unbranched alkanes of at least 4 members (excludes halogenated alkanes) is 1. The Morgan fingerprint density at radius 3 is 2.26 bits per heavy atom. The lowest BCUT2D eigenvalue weighted by molar-refractivity contribution is 0.394. The van der Waals surface area contributed by atoms with Gasteiger partial charge in [-0.25, -0.2) is 9.97 Å². The fraction of sp³-hybridized carbons (Fsp3) is 0.290. The summed E-state index contributed by atoms with van der Waals surface area (Å²) in [5.41, 5.74) is 6.89. The summed E-state index contributed by atoms with van der Waals surface area (Å²) in [5, 5.41) is 2.50. The van der Waals surface area contributed by atoms with Crippen molar-refractivity contribution >= 4 is 16.5 Å². The van der Waals surface area contributed by atoms with Gasteiger partial charge < -0.3 is 9.80 Å². The van der Waals surface area contributed by atoms with E-state index < -0.39 is 0 Å². The Bertz CT molecular complexity index is 1290. The van der Waals surface area contributed by atoms with Gasteiger partial charge in [-0.05, 0) is 99.4 Å². The highest BCUT2D eigenvalue weighted by Crippen LogP contribution is 2.30. The molecule has 0 saturated heterocycles. The molecule has 0 atom stereocenters. The molecule has 1 heterocycles. The molecule has 0 aliphatic rings. The van der Waals surface area contributed by atoms with Crippen LogP contribution in [-0.2, 0) is 13.0 Å². The molecule has 35 heavy (non-hydrogen) atoms. The van der Waals surface area contributed by atoms with Crippen molar-refractivity contribution in [2.24, 2.45) is 0 Å². The smallest absolute Gasteiger partial charge is 0.159 e. The topological polar surface area (TPSA) is 32.3 Å². The number of aryl methyl sites for hydroxylation is 2. The van der Waals surface area contributed by atoms with Crippen molar-refractivity contribution in [2.45, 2.75) is 39.7 Å². The van der Waals surface area contributed by atoms with Gasteiger partial charge in [0.2, 0.25) is 0 Å². The number of nitrogens with zero attached hydrogens (tertiary/aromatic N) is 4. The summed E-state index contributed by atoms with van der Waals surface area (Å²) in [4.78, 5) is 13.9. The molecule has 4 heteroatoms. The molecule has 4 nitrogen and oxygen atoms in total. The van der Waals surface area contributed by atoms with E-state index in [1.54, 1.807) is 0 Å². The Kier molecular flexibility index (Phi) is 7.94. The molecule has 0 saturated carbocycles. The van der Waals surface area contributed by atoms with Crippen LogP contribution in [0.1, 0.15) is 36.5 Å². The predicted octanol–water partition coefficient (Wildman–Crippen LogP) is 7.03. The van der Waals surface area contributed by atoms with Crippen molar-refractivity contribution in [3.05, 3.63) is 102 Å². The van der Waals surface area contributed by atoms with E-state index in [0.29, 0.717) is 0 Å². The average molecular weight is 465 g/mol. The van der Waals surface area contributed by atoms with Gasteiger partial charge in [-0.2, -0.15) is 0 Å². The van der Waals surface area contributed by atoms with Crippen LogP contribution in [0, 0.1) is 6.92 Å². The van der Waals surface area contributed by atoms with Crippen LogP contribution in [0.25, 0.3) is 22.2 Å². The van der Waals surface area contributed by atoms with Crippen LogP contribution in [-0.4, -0.2) is 35.5 Å². The minimum atomic E-state index is 0.742. The van der Waals surface area contributed by atoms with Gasteiger partial charge >= 0.3 is 0 Å². The van der Waals surface area contributed by atoms with E-state index in [1.807, 2.05) is 12.4 Å². The van der Waals surface area contributed by atoms with Gasteiger partial charge in [-0.1, -0.05) is 49.0 Å². The third-order valence-electron chi connectivity index (χ3n) is 6.37. The van der Waals surface area contributed by atoms with Crippen LogP contribution in [0.3, 0.4) is 0 Å². The second kappa shape index (κ2) is 11.3. The molecule has 0 fully saturated rings. The average Bonchev–Trinajstić information content (AvgIpc) is 2.85. The standard InChI is InChI=1S/C31H36N4/c1-23(2)35(30-19-28-14-7-6-13-27(28)17-24(30)3)22-25-12-10-15-29(18-25)31-32-20-26(21-33-31)11-8-9-16-34(4)5/h6-7,10,12-15,17-21H,1,8-9,11,16,22H2,2-5H3. The zero-order chi connectivity index (χ0) is 24.8. The van der Waals surface area contributed by atoms with E-state index in [4.69, 9.17) is 0 Å². The van der Waals surface area contributed by atoms with Gasteiger partial charge in [0.1, 0.15) is 0 Å². The molecule has 4 aromatic rings. The van der Waals surface area contributed by atoms with Crippen molar-refractivity contribution in [1.29, 1.82) is 0 Å². The maximum atomic E-state index is 4.67. The van der Waals surface area contributed by atoms with E-state index in [1.165, 1.54) is 39.6 Å². The lowest BCUT2D eigenvalue weighted by Gasteiger charge is -2.27. The minimum Gasteiger partial charge on any atom is -0.341 e. The molecule has 0 amide bonds. The lowest BCUT2D eigenvalue weighted by atomic mass is 10.0. The maximum Gasteiger partial charge on any atom is 0.159 e. The molecule has 3 aromatic carbocycles. The van der Waals surface area contributed by atoms with Crippen LogP contribution in [0.2, 0.25) is 0 Å². The Morgan fingerprint density at radius 1 is 0.857 bits per heavy atom. The quantitative estimate of drug-likeness (QED) is 0.236. The largest absolute Gasteiger partial charge is 0.341 e. The first-order valence-electron chi connectivity index (χ1n) is 12.4. The Balaban J connectivity index is 1.51. The summed E-state index contributed by atoms with van der Waals surface area (Å²) in [6.45, 7) is 10.4. The third kappa shape index (κ3) is 6.34. The van der Waals surface area contributed by atoms with E-state index in [0.717, 1.165) is 43.0 Å². The highest BCUT2D eigenvalue weighted by molar-refractivity contribution is 5.87. The zero-order valence-electron chi connectivity index (χ0n) is 21.5. The van der Waals surface area contributed by atoms with Crippen molar-refractivity contribution < 1.29 is 0 Å². The first kappa shape index (κ1) is 24.6. The molecule has 0 spiro atoms. The number of rotatable bonds is 10. The van der Waals surface area contributed by atoms with Crippen molar-refractivity contribution in [3.8, 4) is 11.4 Å². The molecule has 0 bridgehead atoms. The number of fused-ring (bicyclic) bond motifs is 1. The predicted molar refractivity (Wildman–Crippen MR) is 149 cm³/mol. The summed E-state index contributed by atoms with van der Waals surface area (Å²) in [6, 6.07) is 21.6. The lowest BCUT2D eigenvalue weighted by Crippen LogP contribution is -2.20. The van der Waals surface area contributed by atoms with Gasteiger partial charge in [0.05, 0.1) is 0 Å². The number of allylic oxidation sites excluding steroid dienone is 1. The van der Waals surface area contributed by atoms with Crippen LogP contribution in [0.15, 0.2) is 85.3 Å². The number of anilines is 1. The van der Waals surface area contributed by atoms with Crippen molar-refractivity contribution in [1.82, 2.24) is 14.9 Å². The highest BCUT2D eigenvalue weighted by atomic mass is 15.1. The highest BCUT2D eigenvalue weighted by Gasteiger charge is 2.13. The van der Waals surface area contributed by atoms with Crippen LogP contribution in [0.4, 0.5) is 5.69 Å². The summed E-state index contributed by atoms with van der Waals surface area (Å²) >= 11 is 0. The number of hydrogen-bond acceptors (Lipinski definition) is 4. The maximum absolute atomic E-state index is 4.67. The zero-order valence-corrected chi connectivity index (χ0v) is 21.5. The van der Waals surface area contributed by atoms with Crippen LogP contribution >= 0.6 is 0 Å². The van der Waals surface area contributed by atoms with Crippen LogP contribution < -0.4 is 4.90 Å². The molecule has 0 unspecified atom stereocenters. The summed E-state index contributed by atoms with van der Waals surface area (Å²) in [5.74, 6) is 0.771. The van der Waals surface area contributed by atoms with Gasteiger partial charge in [-0.15, -0.1) is 0 Å². The van der Waals surface area contributed by atoms with E-state index in [-0.39, 0.29) is 0 Å². The molecule has 180 valence electrons. The first-order chi connectivity index (χ1) is 16.9. The second-order valence-corrected chi connectivity index (χ2v) is 9.68. The fourth-order valence-electron chi connectivity index (χ4n) is 4.44. The van der Waals surface area contributed by atoms with Gasteiger partial charge in [0, 0.05) is 35.9 Å². The van der Waals surface area contributed by atoms with Gasteiger partial charge in [-0.3, -0.25) is 0 Å². The number of hydrogen-bond donors (Lipinski definition) is 0. The van der Waals surface area contributed by atoms with E-state index in [9.17, 15) is 0 Å². The van der Waals surface area contributed by atoms with E-state index >= 15 is 0 Å². The molecule has 1 aromatic heterocycles. The summed E-state index contributed by atoms with van der Waals surface area (Å²) in [7, 11) is 4.23. The third-order valence-corrected chi connectivity index (χ3v) is 6.37. The molecule has 4 rings (SSSR count). The number of aromatic nitrogens is 2. The molecule has 0 aliphatic carbocycles. The first-order valence-corrected chi connectivity index (χ1v) is 12.4. The summed E-state index contributed by atoms with van der Waals surface area (Å²) < 4.78 is 0. The Labute approximate surface area is 210 Å². The second-order valence-electron chi connectivity index (χ2n) is 9.68. The monoisotopic (exact) mass is 464 g/mol. The SMILES string of the molecule is C=C(C)N(Cc1cccc(-c2ncc(CCCCN(C)C)cn2)c1)c1cc2ccccc2cc1C. The van der Waals surface area contributed by atoms with Crippen molar-refractivity contribution in [2.75, 3.05) is 25.5 Å². The molecule has 0 N–H and O–H groups in total. The van der Waals surface area contributed by atoms with Gasteiger partial charge in [0.15, 0.2) is 5.82 Å². The van der Waals surface area contributed by atoms with Gasteiger partial charge in [0.25, 0.3) is 0 Å². The van der Waals surface area contributed by atoms with Crippen molar-refractivity contribution in [3.63, 3.8) is 0 Å². The normalized spacial score (nSPS) is 11.2. The minimum absolute atomic E-state index is 0.742. The molecule has 0 radical (unpaired) electrons. The molecular formula is C31H36N4. The fourth-order valence-corrected chi connectivity index (χ4v) is 4.44. The summed E-state index contributed by atoms with van der Waals surface area (Å²) in [6.07, 6.45) is 7.31. The Hall–Kier alpha value is -3.50. The molecular weight excluding hydrogens is 428 g/mol. The van der Waals surface area contributed by atoms with Crippen LogP contribution in [0.5, 0.6) is 0 Å². The Morgan fingerprint density at radius 2 is 1.57 bits per heavy atom.